The summed E-state index contributed by atoms with van der Waals surface area (Å²) in [6.45, 7) is 1.97. The molecule has 1 fully saturated rings. The molecule has 2 nitrogen and oxygen atoms in total. The number of pyridine rings is 1. The van der Waals surface area contributed by atoms with Gasteiger partial charge in [0.2, 0.25) is 5.69 Å². The molecule has 1 aliphatic rings. The third-order valence-electron chi connectivity index (χ3n) is 6.31. The quantitative estimate of drug-likeness (QED) is 0.363. The second kappa shape index (κ2) is 6.73. The van der Waals surface area contributed by atoms with Gasteiger partial charge in [0.05, 0.1) is 10.9 Å². The average molecular weight is 374 g/mol. The van der Waals surface area contributed by atoms with Gasteiger partial charge < -0.3 is 4.42 Å². The Kier molecular flexibility index (Phi) is 4.19. The lowest BCUT2D eigenvalue weighted by molar-refractivity contribution is -0.660. The number of halogens is 1. The van der Waals surface area contributed by atoms with Crippen LogP contribution in [-0.2, 0) is 7.05 Å². The summed E-state index contributed by atoms with van der Waals surface area (Å²) in [6.07, 6.45) is 8.62. The van der Waals surface area contributed by atoms with Crippen molar-refractivity contribution >= 4 is 21.9 Å². The number of benzene rings is 2. The predicted molar refractivity (Wildman–Crippen MR) is 111 cm³/mol. The van der Waals surface area contributed by atoms with Gasteiger partial charge in [-0.15, -0.1) is 0 Å². The monoisotopic (exact) mass is 374 g/mol. The van der Waals surface area contributed by atoms with Crippen LogP contribution in [0.5, 0.6) is 0 Å². The zero-order chi connectivity index (χ0) is 19.3. The lowest BCUT2D eigenvalue weighted by atomic mass is 9.84. The molecule has 2 aromatic carbocycles. The Labute approximate surface area is 164 Å². The van der Waals surface area contributed by atoms with Crippen LogP contribution in [0.15, 0.2) is 53.1 Å². The Morgan fingerprint density at radius 2 is 1.82 bits per heavy atom. The first-order valence-corrected chi connectivity index (χ1v) is 10.2. The smallest absolute Gasteiger partial charge is 0.216 e. The zero-order valence-electron chi connectivity index (χ0n) is 16.5. The average Bonchev–Trinajstić information content (AvgIpc) is 3.09. The fourth-order valence-corrected chi connectivity index (χ4v) is 4.81. The Hall–Kier alpha value is -2.68. The Bertz CT molecular complexity index is 1180. The molecular weight excluding hydrogens is 349 g/mol. The summed E-state index contributed by atoms with van der Waals surface area (Å²) in [6, 6.07) is 13.9. The normalized spacial score (nSPS) is 15.5. The van der Waals surface area contributed by atoms with Crippen molar-refractivity contribution in [2.45, 2.75) is 44.9 Å². The second-order valence-electron chi connectivity index (χ2n) is 8.14. The summed E-state index contributed by atoms with van der Waals surface area (Å²) in [5, 5.41) is 1.42. The van der Waals surface area contributed by atoms with Crippen LogP contribution in [0.1, 0.15) is 49.1 Å². The summed E-state index contributed by atoms with van der Waals surface area (Å²) in [5.74, 6) is 0.410. The van der Waals surface area contributed by atoms with E-state index in [0.29, 0.717) is 16.9 Å². The van der Waals surface area contributed by atoms with Gasteiger partial charge in [-0.2, -0.15) is 0 Å². The molecule has 142 valence electrons. The molecule has 0 atom stereocenters. The van der Waals surface area contributed by atoms with Crippen LogP contribution in [0.25, 0.3) is 33.2 Å². The molecule has 0 unspecified atom stereocenters. The SMILES string of the molecule is Cc1cc(F)c2c(oc3ccccc32)c1-c1cc(C2CCCCC2)cc[n+]1C. The lowest BCUT2D eigenvalue weighted by Crippen LogP contribution is -2.31. The fourth-order valence-electron chi connectivity index (χ4n) is 4.81. The third-order valence-corrected chi connectivity index (χ3v) is 6.31. The maximum Gasteiger partial charge on any atom is 0.216 e. The highest BCUT2D eigenvalue weighted by Gasteiger charge is 2.25. The molecule has 0 aliphatic heterocycles. The number of fused-ring (bicyclic) bond motifs is 3. The van der Waals surface area contributed by atoms with Crippen molar-refractivity contribution in [3.63, 3.8) is 0 Å². The van der Waals surface area contributed by atoms with Crippen molar-refractivity contribution < 1.29 is 13.4 Å². The molecule has 0 N–H and O–H groups in total. The highest BCUT2D eigenvalue weighted by atomic mass is 19.1. The van der Waals surface area contributed by atoms with Gasteiger partial charge in [0.1, 0.15) is 18.4 Å². The van der Waals surface area contributed by atoms with Crippen LogP contribution in [0.4, 0.5) is 4.39 Å². The summed E-state index contributed by atoms with van der Waals surface area (Å²) in [5.41, 5.74) is 5.75. The topological polar surface area (TPSA) is 17.0 Å². The van der Waals surface area contributed by atoms with Crippen molar-refractivity contribution in [2.75, 3.05) is 0 Å². The Balaban J connectivity index is 1.77. The number of aromatic nitrogens is 1. The van der Waals surface area contributed by atoms with Crippen LogP contribution in [0.2, 0.25) is 0 Å². The van der Waals surface area contributed by atoms with Crippen molar-refractivity contribution in [1.82, 2.24) is 0 Å². The molecule has 2 heterocycles. The van der Waals surface area contributed by atoms with Crippen molar-refractivity contribution in [3.05, 3.63) is 65.6 Å². The van der Waals surface area contributed by atoms with Crippen molar-refractivity contribution in [3.8, 4) is 11.3 Å². The van der Waals surface area contributed by atoms with Gasteiger partial charge in [0, 0.05) is 17.5 Å². The molecule has 1 aliphatic carbocycles. The molecule has 5 rings (SSSR count). The van der Waals surface area contributed by atoms with Crippen LogP contribution < -0.4 is 4.57 Å². The van der Waals surface area contributed by atoms with Gasteiger partial charge >= 0.3 is 0 Å². The molecular formula is C25H25FNO+. The van der Waals surface area contributed by atoms with Crippen molar-refractivity contribution in [1.29, 1.82) is 0 Å². The lowest BCUT2D eigenvalue weighted by Gasteiger charge is -2.21. The van der Waals surface area contributed by atoms with Gasteiger partial charge in [-0.05, 0) is 48.9 Å². The van der Waals surface area contributed by atoms with E-state index in [0.717, 1.165) is 27.8 Å². The summed E-state index contributed by atoms with van der Waals surface area (Å²) >= 11 is 0. The van der Waals surface area contributed by atoms with Crippen LogP contribution >= 0.6 is 0 Å². The maximum atomic E-state index is 14.9. The molecule has 2 aromatic heterocycles. The van der Waals surface area contributed by atoms with Crippen LogP contribution in [0.3, 0.4) is 0 Å². The molecule has 4 aromatic rings. The Morgan fingerprint density at radius 3 is 2.64 bits per heavy atom. The number of nitrogens with zero attached hydrogens (tertiary/aromatic N) is 1. The van der Waals surface area contributed by atoms with E-state index in [1.807, 2.05) is 31.2 Å². The van der Waals surface area contributed by atoms with Crippen LogP contribution in [0, 0.1) is 12.7 Å². The van der Waals surface area contributed by atoms with E-state index in [9.17, 15) is 4.39 Å². The zero-order valence-corrected chi connectivity index (χ0v) is 16.5. The molecule has 28 heavy (non-hydrogen) atoms. The number of rotatable bonds is 2. The molecule has 0 amide bonds. The molecule has 0 spiro atoms. The molecule has 1 saturated carbocycles. The van der Waals surface area contributed by atoms with E-state index in [-0.39, 0.29) is 5.82 Å². The number of hydrogen-bond donors (Lipinski definition) is 0. The maximum absolute atomic E-state index is 14.9. The van der Waals surface area contributed by atoms with Crippen LogP contribution in [-0.4, -0.2) is 0 Å². The molecule has 0 radical (unpaired) electrons. The first-order chi connectivity index (χ1) is 13.6. The highest BCUT2D eigenvalue weighted by Crippen LogP contribution is 2.40. The predicted octanol–water partition coefficient (Wildman–Crippen LogP) is 6.57. The van der Waals surface area contributed by atoms with E-state index in [1.54, 1.807) is 6.07 Å². The summed E-state index contributed by atoms with van der Waals surface area (Å²) < 4.78 is 23.2. The van der Waals surface area contributed by atoms with E-state index in [4.69, 9.17) is 4.42 Å². The largest absolute Gasteiger partial charge is 0.455 e. The van der Waals surface area contributed by atoms with E-state index in [1.165, 1.54) is 37.7 Å². The van der Waals surface area contributed by atoms with Gasteiger partial charge in [0.15, 0.2) is 11.8 Å². The number of para-hydroxylation sites is 1. The summed E-state index contributed by atoms with van der Waals surface area (Å²) in [7, 11) is 2.05. The van der Waals surface area contributed by atoms with Gasteiger partial charge in [-0.3, -0.25) is 0 Å². The molecule has 0 bridgehead atoms. The fraction of sp³-hybridized carbons (Fsp3) is 0.320. The van der Waals surface area contributed by atoms with E-state index < -0.39 is 0 Å². The standard InChI is InChI=1S/C25H25FNO/c1-16-14-20(26)24-19-10-6-7-11-22(19)28-25(24)23(16)21-15-18(12-13-27(21)2)17-8-4-3-5-9-17/h6-7,10-15,17H,3-5,8-9H2,1-2H3/q+1. The minimum atomic E-state index is -0.215. The number of aryl methyl sites for hydroxylation is 2. The molecule has 3 heteroatoms. The minimum Gasteiger partial charge on any atom is -0.455 e. The van der Waals surface area contributed by atoms with Gasteiger partial charge in [-0.25, -0.2) is 8.96 Å². The second-order valence-corrected chi connectivity index (χ2v) is 8.14. The number of furan rings is 1. The minimum absolute atomic E-state index is 0.215. The highest BCUT2D eigenvalue weighted by molar-refractivity contribution is 6.10. The van der Waals surface area contributed by atoms with Gasteiger partial charge in [0.25, 0.3) is 0 Å². The Morgan fingerprint density at radius 1 is 1.04 bits per heavy atom. The van der Waals surface area contributed by atoms with E-state index >= 15 is 0 Å². The van der Waals surface area contributed by atoms with E-state index in [2.05, 4.69) is 29.9 Å². The first-order valence-electron chi connectivity index (χ1n) is 10.2. The van der Waals surface area contributed by atoms with Gasteiger partial charge in [-0.1, -0.05) is 37.5 Å². The molecule has 0 saturated heterocycles. The summed E-state index contributed by atoms with van der Waals surface area (Å²) in [4.78, 5) is 0. The van der Waals surface area contributed by atoms with Crippen molar-refractivity contribution in [2.24, 2.45) is 7.05 Å². The third kappa shape index (κ3) is 2.72. The first kappa shape index (κ1) is 17.4. The number of hydrogen-bond acceptors (Lipinski definition) is 1.